The minimum atomic E-state index is -0.0507. The van der Waals surface area contributed by atoms with E-state index in [1.807, 2.05) is 36.4 Å². The normalized spacial score (nSPS) is 10.0. The second kappa shape index (κ2) is 6.05. The van der Waals surface area contributed by atoms with Gasteiger partial charge in [-0.05, 0) is 23.8 Å². The highest BCUT2D eigenvalue weighted by Gasteiger charge is 2.15. The smallest absolute Gasteiger partial charge is 0.257 e. The summed E-state index contributed by atoms with van der Waals surface area (Å²) < 4.78 is 5.21. The topological polar surface area (TPSA) is 29.5 Å². The number of para-hydroxylation sites is 1. The number of hydrogen-bond acceptors (Lipinski definition) is 2. The number of nitrogens with zero attached hydrogens (tertiary/aromatic N) is 1. The van der Waals surface area contributed by atoms with Gasteiger partial charge in [0.15, 0.2) is 0 Å². The van der Waals surface area contributed by atoms with E-state index in [0.717, 1.165) is 5.56 Å². The Kier molecular flexibility index (Phi) is 4.18. The molecule has 19 heavy (non-hydrogen) atoms. The van der Waals surface area contributed by atoms with E-state index < -0.39 is 0 Å². The molecule has 1 radical (unpaired) electrons. The van der Waals surface area contributed by atoms with Crippen molar-refractivity contribution in [1.29, 1.82) is 0 Å². The van der Waals surface area contributed by atoms with Crippen LogP contribution in [0, 0.1) is 6.07 Å². The minimum Gasteiger partial charge on any atom is -0.496 e. The molecule has 0 aliphatic carbocycles. The van der Waals surface area contributed by atoms with Crippen LogP contribution in [-0.2, 0) is 6.54 Å². The maximum absolute atomic E-state index is 12.4. The molecule has 0 spiro atoms. The summed E-state index contributed by atoms with van der Waals surface area (Å²) in [6.07, 6.45) is 0. The van der Waals surface area contributed by atoms with Gasteiger partial charge in [0, 0.05) is 13.6 Å². The monoisotopic (exact) mass is 254 g/mol. The van der Waals surface area contributed by atoms with E-state index in [9.17, 15) is 4.79 Å². The first-order valence-corrected chi connectivity index (χ1v) is 6.06. The van der Waals surface area contributed by atoms with Crippen LogP contribution >= 0.6 is 0 Å². The van der Waals surface area contributed by atoms with Crippen LogP contribution in [0.4, 0.5) is 0 Å². The summed E-state index contributed by atoms with van der Waals surface area (Å²) in [5.74, 6) is 0.547. The molecule has 2 aromatic rings. The van der Waals surface area contributed by atoms with Gasteiger partial charge in [0.2, 0.25) is 0 Å². The van der Waals surface area contributed by atoms with Crippen molar-refractivity contribution in [2.24, 2.45) is 0 Å². The molecular formula is C16H16NO2. The van der Waals surface area contributed by atoms with Crippen molar-refractivity contribution in [2.75, 3.05) is 14.2 Å². The fraction of sp³-hybridized carbons (Fsp3) is 0.188. The standard InChI is InChI=1S/C16H16NO2/c1-17(12-13-8-4-3-5-9-13)16(18)14-10-6-7-11-15(14)19-2/h4-11H,12H2,1-2H3. The molecule has 0 saturated heterocycles. The maximum Gasteiger partial charge on any atom is 0.257 e. The lowest BCUT2D eigenvalue weighted by molar-refractivity contribution is 0.0781. The molecule has 0 atom stereocenters. The van der Waals surface area contributed by atoms with Gasteiger partial charge < -0.3 is 9.64 Å². The van der Waals surface area contributed by atoms with Gasteiger partial charge in [-0.15, -0.1) is 0 Å². The maximum atomic E-state index is 12.4. The Labute approximate surface area is 113 Å². The zero-order chi connectivity index (χ0) is 13.7. The lowest BCUT2D eigenvalue weighted by Crippen LogP contribution is -2.26. The van der Waals surface area contributed by atoms with Gasteiger partial charge in [-0.3, -0.25) is 4.79 Å². The lowest BCUT2D eigenvalue weighted by atomic mass is 10.1. The van der Waals surface area contributed by atoms with Crippen LogP contribution in [0.5, 0.6) is 5.75 Å². The fourth-order valence-corrected chi connectivity index (χ4v) is 1.90. The Bertz CT molecular complexity index is 552. The third kappa shape index (κ3) is 3.13. The zero-order valence-corrected chi connectivity index (χ0v) is 11.1. The lowest BCUT2D eigenvalue weighted by Gasteiger charge is -2.18. The molecule has 2 aromatic carbocycles. The molecule has 0 fully saturated rings. The number of hydrogen-bond donors (Lipinski definition) is 0. The Morgan fingerprint density at radius 3 is 2.58 bits per heavy atom. The fourth-order valence-electron chi connectivity index (χ4n) is 1.90. The molecule has 0 bridgehead atoms. The number of methoxy groups -OCH3 is 1. The summed E-state index contributed by atoms with van der Waals surface area (Å²) in [6.45, 7) is 0.561. The van der Waals surface area contributed by atoms with Gasteiger partial charge in [0.05, 0.1) is 12.7 Å². The van der Waals surface area contributed by atoms with Crippen molar-refractivity contribution in [3.63, 3.8) is 0 Å². The van der Waals surface area contributed by atoms with Crippen LogP contribution in [0.25, 0.3) is 0 Å². The number of ether oxygens (including phenoxy) is 1. The third-order valence-electron chi connectivity index (χ3n) is 2.89. The number of amides is 1. The quantitative estimate of drug-likeness (QED) is 0.839. The van der Waals surface area contributed by atoms with Gasteiger partial charge in [-0.2, -0.15) is 0 Å². The van der Waals surface area contributed by atoms with Gasteiger partial charge in [-0.1, -0.05) is 36.4 Å². The van der Waals surface area contributed by atoms with Crippen LogP contribution in [0.1, 0.15) is 15.9 Å². The van der Waals surface area contributed by atoms with Gasteiger partial charge in [-0.25, -0.2) is 0 Å². The van der Waals surface area contributed by atoms with Crippen LogP contribution in [0.3, 0.4) is 0 Å². The second-order valence-electron chi connectivity index (χ2n) is 4.27. The van der Waals surface area contributed by atoms with Crippen LogP contribution < -0.4 is 4.74 Å². The molecular weight excluding hydrogens is 238 g/mol. The van der Waals surface area contributed by atoms with Crippen molar-refractivity contribution in [1.82, 2.24) is 4.90 Å². The zero-order valence-electron chi connectivity index (χ0n) is 11.1. The molecule has 3 nitrogen and oxygen atoms in total. The molecule has 0 aliphatic heterocycles. The summed E-state index contributed by atoms with van der Waals surface area (Å²) >= 11 is 0. The molecule has 0 saturated carbocycles. The first-order chi connectivity index (χ1) is 9.22. The van der Waals surface area contributed by atoms with E-state index in [0.29, 0.717) is 17.9 Å². The van der Waals surface area contributed by atoms with E-state index in [4.69, 9.17) is 4.74 Å². The predicted octanol–water partition coefficient (Wildman–Crippen LogP) is 2.77. The second-order valence-corrected chi connectivity index (χ2v) is 4.27. The van der Waals surface area contributed by atoms with Crippen LogP contribution in [0.2, 0.25) is 0 Å². The summed E-state index contributed by atoms with van der Waals surface area (Å²) in [5.41, 5.74) is 1.65. The van der Waals surface area contributed by atoms with Crippen molar-refractivity contribution in [3.8, 4) is 5.75 Å². The summed E-state index contributed by atoms with van der Waals surface area (Å²) in [4.78, 5) is 14.0. The molecule has 0 aromatic heterocycles. The van der Waals surface area contributed by atoms with Gasteiger partial charge in [0.1, 0.15) is 5.75 Å². The average Bonchev–Trinajstić information content (AvgIpc) is 2.47. The SMILES string of the molecule is COc1ccccc1C(=O)N(C)Cc1cc[c]cc1. The molecule has 0 heterocycles. The van der Waals surface area contributed by atoms with Crippen molar-refractivity contribution >= 4 is 5.91 Å². The Hall–Kier alpha value is -2.29. The highest BCUT2D eigenvalue weighted by molar-refractivity contribution is 5.96. The van der Waals surface area contributed by atoms with Crippen molar-refractivity contribution < 1.29 is 9.53 Å². The van der Waals surface area contributed by atoms with E-state index in [1.54, 1.807) is 31.2 Å². The molecule has 3 heteroatoms. The molecule has 0 unspecified atom stereocenters. The van der Waals surface area contributed by atoms with Crippen LogP contribution in [-0.4, -0.2) is 25.0 Å². The van der Waals surface area contributed by atoms with Crippen LogP contribution in [0.15, 0.2) is 48.5 Å². The molecule has 0 aliphatic rings. The molecule has 97 valence electrons. The summed E-state index contributed by atoms with van der Waals surface area (Å²) in [6, 6.07) is 17.8. The Morgan fingerprint density at radius 2 is 1.89 bits per heavy atom. The summed E-state index contributed by atoms with van der Waals surface area (Å²) in [7, 11) is 3.35. The minimum absolute atomic E-state index is 0.0507. The highest BCUT2D eigenvalue weighted by Crippen LogP contribution is 2.19. The molecule has 0 N–H and O–H groups in total. The van der Waals surface area contributed by atoms with Crippen molar-refractivity contribution in [2.45, 2.75) is 6.54 Å². The first kappa shape index (κ1) is 13.1. The van der Waals surface area contributed by atoms with E-state index in [-0.39, 0.29) is 5.91 Å². The number of carbonyl (C=O) groups excluding carboxylic acids is 1. The van der Waals surface area contributed by atoms with Gasteiger partial charge in [0.25, 0.3) is 5.91 Å². The van der Waals surface area contributed by atoms with Gasteiger partial charge >= 0.3 is 0 Å². The largest absolute Gasteiger partial charge is 0.496 e. The Morgan fingerprint density at radius 1 is 1.21 bits per heavy atom. The molecule has 2 rings (SSSR count). The average molecular weight is 254 g/mol. The van der Waals surface area contributed by atoms with Crippen molar-refractivity contribution in [3.05, 3.63) is 65.7 Å². The first-order valence-electron chi connectivity index (χ1n) is 6.06. The molecule has 1 amide bonds. The highest BCUT2D eigenvalue weighted by atomic mass is 16.5. The van der Waals surface area contributed by atoms with E-state index in [1.165, 1.54) is 0 Å². The Balaban J connectivity index is 2.15. The number of carbonyl (C=O) groups is 1. The van der Waals surface area contributed by atoms with E-state index >= 15 is 0 Å². The van der Waals surface area contributed by atoms with E-state index in [2.05, 4.69) is 6.07 Å². The third-order valence-corrected chi connectivity index (χ3v) is 2.89. The predicted molar refractivity (Wildman–Crippen MR) is 74.1 cm³/mol. The summed E-state index contributed by atoms with van der Waals surface area (Å²) in [5, 5.41) is 0. The number of benzene rings is 2. The number of rotatable bonds is 4.